The Morgan fingerprint density at radius 3 is 2.71 bits per heavy atom. The maximum absolute atomic E-state index is 12.8. The Kier molecular flexibility index (Phi) is 3.42. The first-order valence-electron chi connectivity index (χ1n) is 6.26. The lowest BCUT2D eigenvalue weighted by Gasteiger charge is -2.01. The van der Waals surface area contributed by atoms with Crippen LogP contribution in [0.4, 0.5) is 10.2 Å². The van der Waals surface area contributed by atoms with E-state index in [2.05, 4.69) is 20.5 Å². The number of rotatable bonds is 3. The van der Waals surface area contributed by atoms with E-state index in [1.165, 1.54) is 18.3 Å². The average Bonchev–Trinajstić information content (AvgIpc) is 2.50. The van der Waals surface area contributed by atoms with Gasteiger partial charge in [0.15, 0.2) is 0 Å². The van der Waals surface area contributed by atoms with Crippen molar-refractivity contribution in [2.24, 2.45) is 5.10 Å². The van der Waals surface area contributed by atoms with Crippen LogP contribution in [-0.4, -0.2) is 16.2 Å². The highest BCUT2D eigenvalue weighted by atomic mass is 19.1. The van der Waals surface area contributed by atoms with Gasteiger partial charge in [-0.3, -0.25) is 10.2 Å². The molecule has 5 nitrogen and oxygen atoms in total. The summed E-state index contributed by atoms with van der Waals surface area (Å²) in [4.78, 5) is 18.7. The van der Waals surface area contributed by atoms with Gasteiger partial charge in [0.2, 0.25) is 5.82 Å². The second-order valence-corrected chi connectivity index (χ2v) is 4.35. The highest BCUT2D eigenvalue weighted by Gasteiger charge is 2.02. The van der Waals surface area contributed by atoms with Crippen molar-refractivity contribution in [3.8, 4) is 0 Å². The van der Waals surface area contributed by atoms with Gasteiger partial charge in [0, 0.05) is 0 Å². The summed E-state index contributed by atoms with van der Waals surface area (Å²) >= 11 is 0. The van der Waals surface area contributed by atoms with Gasteiger partial charge < -0.3 is 4.98 Å². The van der Waals surface area contributed by atoms with Crippen LogP contribution in [0.15, 0.2) is 58.4 Å². The summed E-state index contributed by atoms with van der Waals surface area (Å²) in [5.41, 5.74) is 4.27. The molecular formula is C15H11FN4O. The van der Waals surface area contributed by atoms with Crippen LogP contribution < -0.4 is 11.0 Å². The van der Waals surface area contributed by atoms with Crippen molar-refractivity contribution >= 4 is 23.1 Å². The Bertz CT molecular complexity index is 855. The number of hydrogen-bond acceptors (Lipinski definition) is 4. The molecule has 2 N–H and O–H groups in total. The first-order chi connectivity index (χ1) is 10.2. The summed E-state index contributed by atoms with van der Waals surface area (Å²) in [6.07, 6.45) is 1.48. The second-order valence-electron chi connectivity index (χ2n) is 4.35. The van der Waals surface area contributed by atoms with Gasteiger partial charge in [-0.15, -0.1) is 0 Å². The molecule has 1 heterocycles. The lowest BCUT2D eigenvalue weighted by Crippen LogP contribution is -2.13. The number of hydrazone groups is 1. The Morgan fingerprint density at radius 1 is 1.14 bits per heavy atom. The predicted octanol–water partition coefficient (Wildman–Crippen LogP) is 2.51. The molecule has 1 aromatic heterocycles. The maximum Gasteiger partial charge on any atom is 0.293 e. The van der Waals surface area contributed by atoms with Gasteiger partial charge in [-0.2, -0.15) is 5.10 Å². The zero-order valence-corrected chi connectivity index (χ0v) is 10.9. The first kappa shape index (κ1) is 13.0. The molecule has 0 spiro atoms. The van der Waals surface area contributed by atoms with Crippen LogP contribution in [0.1, 0.15) is 5.56 Å². The van der Waals surface area contributed by atoms with Crippen LogP contribution in [0.2, 0.25) is 0 Å². The summed E-state index contributed by atoms with van der Waals surface area (Å²) < 4.78 is 12.8. The fourth-order valence-corrected chi connectivity index (χ4v) is 1.82. The number of halogens is 1. The molecule has 0 unspecified atom stereocenters. The number of aromatic amines is 1. The van der Waals surface area contributed by atoms with Gasteiger partial charge in [0.25, 0.3) is 5.56 Å². The van der Waals surface area contributed by atoms with Gasteiger partial charge in [-0.25, -0.2) is 9.37 Å². The molecule has 0 aliphatic carbocycles. The number of aromatic nitrogens is 2. The van der Waals surface area contributed by atoms with E-state index in [1.807, 2.05) is 12.1 Å². The zero-order chi connectivity index (χ0) is 14.7. The number of hydrogen-bond donors (Lipinski definition) is 2. The molecule has 0 aliphatic heterocycles. The molecule has 104 valence electrons. The number of H-pyrrole nitrogens is 1. The molecule has 0 amide bonds. The molecule has 0 bridgehead atoms. The lowest BCUT2D eigenvalue weighted by atomic mass is 10.2. The van der Waals surface area contributed by atoms with E-state index in [0.29, 0.717) is 16.6 Å². The van der Waals surface area contributed by atoms with Gasteiger partial charge >= 0.3 is 0 Å². The van der Waals surface area contributed by atoms with E-state index in [4.69, 9.17) is 0 Å². The molecule has 0 saturated carbocycles. The Hall–Kier alpha value is -3.02. The van der Waals surface area contributed by atoms with E-state index in [0.717, 1.165) is 0 Å². The molecule has 21 heavy (non-hydrogen) atoms. The van der Waals surface area contributed by atoms with Crippen LogP contribution >= 0.6 is 0 Å². The molecule has 0 radical (unpaired) electrons. The summed E-state index contributed by atoms with van der Waals surface area (Å²) in [7, 11) is 0. The Balaban J connectivity index is 1.83. The summed E-state index contributed by atoms with van der Waals surface area (Å²) in [5, 5.41) is 3.93. The maximum atomic E-state index is 12.8. The molecule has 3 aromatic rings. The minimum atomic E-state index is -0.357. The second kappa shape index (κ2) is 5.54. The van der Waals surface area contributed by atoms with Gasteiger partial charge in [-0.05, 0) is 29.8 Å². The summed E-state index contributed by atoms with van der Waals surface area (Å²) in [6, 6.07) is 13.1. The molecular weight excluding hydrogens is 271 g/mol. The molecule has 3 rings (SSSR count). The van der Waals surface area contributed by atoms with E-state index < -0.39 is 0 Å². The third kappa shape index (κ3) is 2.94. The third-order valence-electron chi connectivity index (χ3n) is 2.85. The number of para-hydroxylation sites is 2. The minimum absolute atomic E-state index is 0.104. The zero-order valence-electron chi connectivity index (χ0n) is 10.9. The monoisotopic (exact) mass is 282 g/mol. The van der Waals surface area contributed by atoms with E-state index in [9.17, 15) is 9.18 Å². The van der Waals surface area contributed by atoms with Crippen molar-refractivity contribution < 1.29 is 4.39 Å². The Labute approximate surface area is 119 Å². The predicted molar refractivity (Wildman–Crippen MR) is 80.0 cm³/mol. The molecule has 0 saturated heterocycles. The van der Waals surface area contributed by atoms with Crippen molar-refractivity contribution in [2.75, 3.05) is 5.43 Å². The van der Waals surface area contributed by atoms with Crippen LogP contribution in [0, 0.1) is 5.82 Å². The van der Waals surface area contributed by atoms with Crippen LogP contribution in [0.3, 0.4) is 0 Å². The van der Waals surface area contributed by atoms with E-state index in [1.54, 1.807) is 24.3 Å². The molecule has 0 fully saturated rings. The highest BCUT2D eigenvalue weighted by Crippen LogP contribution is 2.08. The highest BCUT2D eigenvalue weighted by molar-refractivity contribution is 5.80. The molecule has 0 aliphatic rings. The number of nitrogens with zero attached hydrogens (tertiary/aromatic N) is 2. The normalized spacial score (nSPS) is 11.1. The van der Waals surface area contributed by atoms with Crippen molar-refractivity contribution in [1.82, 2.24) is 9.97 Å². The third-order valence-corrected chi connectivity index (χ3v) is 2.85. The Morgan fingerprint density at radius 2 is 1.90 bits per heavy atom. The number of anilines is 1. The fraction of sp³-hybridized carbons (Fsp3) is 0. The number of nitrogens with one attached hydrogen (secondary N) is 2. The molecule has 6 heteroatoms. The summed E-state index contributed by atoms with van der Waals surface area (Å²) in [5.74, 6) is -0.209. The topological polar surface area (TPSA) is 70.1 Å². The largest absolute Gasteiger partial charge is 0.317 e. The quantitative estimate of drug-likeness (QED) is 0.573. The first-order valence-corrected chi connectivity index (χ1v) is 6.26. The number of benzene rings is 2. The standard InChI is InChI=1S/C15H11FN4O/c16-11-7-5-10(6-8-11)9-17-20-14-15(21)19-13-4-2-1-3-12(13)18-14/h1-9H,(H,18,20)(H,19,21). The van der Waals surface area contributed by atoms with Crippen molar-refractivity contribution in [3.63, 3.8) is 0 Å². The fourth-order valence-electron chi connectivity index (χ4n) is 1.82. The molecule has 2 aromatic carbocycles. The van der Waals surface area contributed by atoms with Crippen molar-refractivity contribution in [1.29, 1.82) is 0 Å². The van der Waals surface area contributed by atoms with Crippen LogP contribution in [0.25, 0.3) is 11.0 Å². The van der Waals surface area contributed by atoms with Crippen molar-refractivity contribution in [2.45, 2.75) is 0 Å². The van der Waals surface area contributed by atoms with E-state index in [-0.39, 0.29) is 17.2 Å². The smallest absolute Gasteiger partial charge is 0.293 e. The summed E-state index contributed by atoms with van der Waals surface area (Å²) in [6.45, 7) is 0. The van der Waals surface area contributed by atoms with Crippen molar-refractivity contribution in [3.05, 3.63) is 70.3 Å². The van der Waals surface area contributed by atoms with Crippen LogP contribution in [-0.2, 0) is 0 Å². The number of fused-ring (bicyclic) bond motifs is 1. The van der Waals surface area contributed by atoms with Crippen LogP contribution in [0.5, 0.6) is 0 Å². The van der Waals surface area contributed by atoms with Gasteiger partial charge in [-0.1, -0.05) is 24.3 Å². The average molecular weight is 282 g/mol. The minimum Gasteiger partial charge on any atom is -0.317 e. The lowest BCUT2D eigenvalue weighted by molar-refractivity contribution is 0.628. The molecule has 0 atom stereocenters. The van der Waals surface area contributed by atoms with Gasteiger partial charge in [0.1, 0.15) is 5.82 Å². The SMILES string of the molecule is O=c1[nH]c2ccccc2nc1NN=Cc1ccc(F)cc1. The van der Waals surface area contributed by atoms with E-state index >= 15 is 0 Å². The van der Waals surface area contributed by atoms with Gasteiger partial charge in [0.05, 0.1) is 17.2 Å².